The molecule has 5 heterocycles. The average Bonchev–Trinajstić information content (AvgIpc) is 3.44. The van der Waals surface area contributed by atoms with Gasteiger partial charge in [-0.2, -0.15) is 9.97 Å². The standard InChI is InChI=1S/C34H41ClFN5O4/c1-44-17-20-11-23(20)27-24(12-21(42)13-26(27)35)29-28(36)30-25(16-37-29)31(40-8-2-5-33(18-40)14-22(43)15-33)39-32(38-30)45-19-34-6-3-9-41(34)10-4-7-34/h12-13,16,20,22-23,42-43H,2-11,14-15,17-19H2,1H3. The number of halogens is 2. The van der Waals surface area contributed by atoms with E-state index >= 15 is 4.39 Å². The van der Waals surface area contributed by atoms with Crippen molar-refractivity contribution in [2.24, 2.45) is 11.3 Å². The Kier molecular flexibility index (Phi) is 7.35. The van der Waals surface area contributed by atoms with Crippen LogP contribution in [0.4, 0.5) is 10.2 Å². The lowest BCUT2D eigenvalue weighted by molar-refractivity contribution is -0.0396. The van der Waals surface area contributed by atoms with Crippen LogP contribution in [0.15, 0.2) is 18.3 Å². The molecule has 9 nitrogen and oxygen atoms in total. The van der Waals surface area contributed by atoms with Gasteiger partial charge in [0.15, 0.2) is 5.82 Å². The van der Waals surface area contributed by atoms with Crippen molar-refractivity contribution in [3.05, 3.63) is 34.7 Å². The summed E-state index contributed by atoms with van der Waals surface area (Å²) in [6.07, 6.45) is 10.3. The van der Waals surface area contributed by atoms with E-state index in [4.69, 9.17) is 31.0 Å². The van der Waals surface area contributed by atoms with Crippen molar-refractivity contribution < 1.29 is 24.1 Å². The smallest absolute Gasteiger partial charge is 0.319 e. The summed E-state index contributed by atoms with van der Waals surface area (Å²) in [5.74, 6) is 0.355. The first-order chi connectivity index (χ1) is 21.8. The highest BCUT2D eigenvalue weighted by atomic mass is 35.5. The highest BCUT2D eigenvalue weighted by Crippen LogP contribution is 2.54. The van der Waals surface area contributed by atoms with Crippen LogP contribution in [0.25, 0.3) is 22.2 Å². The Balaban J connectivity index is 1.22. The van der Waals surface area contributed by atoms with Crippen LogP contribution in [-0.4, -0.2) is 88.2 Å². The number of rotatable bonds is 8. The van der Waals surface area contributed by atoms with Gasteiger partial charge in [-0.3, -0.25) is 9.88 Å². The molecule has 3 aromatic rings. The van der Waals surface area contributed by atoms with Gasteiger partial charge < -0.3 is 24.6 Å². The second-order valence-electron chi connectivity index (χ2n) is 14.3. The van der Waals surface area contributed by atoms with Gasteiger partial charge in [0.1, 0.15) is 29.4 Å². The average molecular weight is 638 g/mol. The lowest BCUT2D eigenvalue weighted by atomic mass is 9.62. The molecule has 5 fully saturated rings. The second-order valence-corrected chi connectivity index (χ2v) is 14.7. The number of ether oxygens (including phenoxy) is 2. The topological polar surface area (TPSA) is 104 Å². The van der Waals surface area contributed by atoms with Crippen molar-refractivity contribution in [1.29, 1.82) is 0 Å². The highest BCUT2D eigenvalue weighted by Gasteiger charge is 2.47. The zero-order chi connectivity index (χ0) is 30.9. The first-order valence-electron chi connectivity index (χ1n) is 16.5. The molecular formula is C34H41ClFN5O4. The molecule has 0 bridgehead atoms. The first kappa shape index (κ1) is 29.6. The number of aliphatic hydroxyl groups is 1. The van der Waals surface area contributed by atoms with Crippen molar-refractivity contribution >= 4 is 28.3 Å². The maximum absolute atomic E-state index is 16.9. The number of aliphatic hydroxyl groups excluding tert-OH is 1. The van der Waals surface area contributed by atoms with E-state index in [0.717, 1.165) is 89.5 Å². The lowest BCUT2D eigenvalue weighted by Gasteiger charge is -2.51. The van der Waals surface area contributed by atoms with Crippen LogP contribution in [0.2, 0.25) is 5.02 Å². The molecule has 2 aromatic heterocycles. The van der Waals surface area contributed by atoms with E-state index in [1.807, 2.05) is 0 Å². The molecule has 2 unspecified atom stereocenters. The zero-order valence-electron chi connectivity index (χ0n) is 25.8. The van der Waals surface area contributed by atoms with Crippen LogP contribution < -0.4 is 9.64 Å². The van der Waals surface area contributed by atoms with E-state index in [-0.39, 0.29) is 51.9 Å². The number of phenols is 1. The Hall–Kier alpha value is -2.79. The fraction of sp³-hybridized carbons (Fsp3) is 0.618. The van der Waals surface area contributed by atoms with Gasteiger partial charge in [-0.25, -0.2) is 4.39 Å². The predicted molar refractivity (Wildman–Crippen MR) is 170 cm³/mol. The number of phenolic OH excluding ortho intramolecular Hbond substituents is 1. The highest BCUT2D eigenvalue weighted by molar-refractivity contribution is 6.32. The molecule has 0 amide bonds. The van der Waals surface area contributed by atoms with Crippen molar-refractivity contribution in [1.82, 2.24) is 19.9 Å². The molecule has 1 aromatic carbocycles. The van der Waals surface area contributed by atoms with Gasteiger partial charge in [0.2, 0.25) is 0 Å². The first-order valence-corrected chi connectivity index (χ1v) is 16.8. The Morgan fingerprint density at radius 3 is 2.62 bits per heavy atom. The van der Waals surface area contributed by atoms with Crippen molar-refractivity contribution in [3.63, 3.8) is 0 Å². The third kappa shape index (κ3) is 5.12. The van der Waals surface area contributed by atoms with Crippen LogP contribution in [0, 0.1) is 17.2 Å². The molecule has 11 heteroatoms. The van der Waals surface area contributed by atoms with E-state index < -0.39 is 5.82 Å². The number of hydrogen-bond acceptors (Lipinski definition) is 9. The van der Waals surface area contributed by atoms with E-state index in [1.54, 1.807) is 19.4 Å². The fourth-order valence-electron chi connectivity index (χ4n) is 9.01. The number of piperidine rings is 1. The van der Waals surface area contributed by atoms with Crippen molar-refractivity contribution in [3.8, 4) is 23.0 Å². The molecule has 1 spiro atoms. The van der Waals surface area contributed by atoms with E-state index in [0.29, 0.717) is 35.0 Å². The van der Waals surface area contributed by atoms with Crippen LogP contribution in [0.1, 0.15) is 69.3 Å². The minimum absolute atomic E-state index is 0.00605. The Morgan fingerprint density at radius 1 is 1.09 bits per heavy atom. The number of fused-ring (bicyclic) bond motifs is 2. The van der Waals surface area contributed by atoms with Crippen LogP contribution in [0.3, 0.4) is 0 Å². The molecule has 2 N–H and O–H groups in total. The fourth-order valence-corrected chi connectivity index (χ4v) is 9.37. The number of pyridine rings is 1. The summed E-state index contributed by atoms with van der Waals surface area (Å²) >= 11 is 6.69. The summed E-state index contributed by atoms with van der Waals surface area (Å²) < 4.78 is 28.7. The number of anilines is 1. The maximum atomic E-state index is 16.9. The van der Waals surface area contributed by atoms with Gasteiger partial charge >= 0.3 is 6.01 Å². The summed E-state index contributed by atoms with van der Waals surface area (Å²) in [6, 6.07) is 3.22. The van der Waals surface area contributed by atoms with Crippen molar-refractivity contribution in [2.45, 2.75) is 75.3 Å². The molecule has 3 saturated heterocycles. The number of aromatic nitrogens is 3. The molecule has 2 atom stereocenters. The monoisotopic (exact) mass is 637 g/mol. The third-order valence-corrected chi connectivity index (χ3v) is 11.6. The van der Waals surface area contributed by atoms with Gasteiger partial charge in [0.05, 0.1) is 17.0 Å². The number of aromatic hydroxyl groups is 1. The predicted octanol–water partition coefficient (Wildman–Crippen LogP) is 5.69. The van der Waals surface area contributed by atoms with Gasteiger partial charge in [-0.05, 0) is 106 Å². The summed E-state index contributed by atoms with van der Waals surface area (Å²) in [5, 5.41) is 21.6. The number of benzene rings is 1. The molecular weight excluding hydrogens is 597 g/mol. The Labute approximate surface area is 267 Å². The SMILES string of the molecule is COCC1CC1c1c(Cl)cc(O)cc1-c1ncc2c(N3CCCC4(CC(O)C4)C3)nc(OCC34CCCN3CCC4)nc2c1F. The molecule has 45 heavy (non-hydrogen) atoms. The van der Waals surface area contributed by atoms with Crippen molar-refractivity contribution in [2.75, 3.05) is 51.4 Å². The second kappa shape index (κ2) is 11.2. The van der Waals surface area contributed by atoms with E-state index in [1.165, 1.54) is 6.07 Å². The van der Waals surface area contributed by atoms with Gasteiger partial charge in [0.25, 0.3) is 0 Å². The van der Waals surface area contributed by atoms with Crippen LogP contribution in [0.5, 0.6) is 11.8 Å². The number of hydrogen-bond donors (Lipinski definition) is 2. The third-order valence-electron chi connectivity index (χ3n) is 11.3. The minimum atomic E-state index is -0.583. The number of methoxy groups -OCH3 is 1. The van der Waals surface area contributed by atoms with Gasteiger partial charge in [-0.1, -0.05) is 11.6 Å². The Bertz CT molecular complexity index is 1620. The molecule has 8 rings (SSSR count). The molecule has 0 radical (unpaired) electrons. The molecule has 2 saturated carbocycles. The Morgan fingerprint density at radius 2 is 1.87 bits per heavy atom. The zero-order valence-corrected chi connectivity index (χ0v) is 26.5. The summed E-state index contributed by atoms with van der Waals surface area (Å²) in [5.41, 5.74) is 1.53. The normalized spacial score (nSPS) is 28.9. The maximum Gasteiger partial charge on any atom is 0.319 e. The molecule has 5 aliphatic rings. The summed E-state index contributed by atoms with van der Waals surface area (Å²) in [4.78, 5) is 19.0. The summed E-state index contributed by atoms with van der Waals surface area (Å²) in [7, 11) is 1.67. The van der Waals surface area contributed by atoms with Crippen LogP contribution >= 0.6 is 11.6 Å². The van der Waals surface area contributed by atoms with E-state index in [2.05, 4.69) is 14.8 Å². The largest absolute Gasteiger partial charge is 0.508 e. The van der Waals surface area contributed by atoms with E-state index in [9.17, 15) is 10.2 Å². The molecule has 2 aliphatic carbocycles. The molecule has 3 aliphatic heterocycles. The number of nitrogens with zero attached hydrogens (tertiary/aromatic N) is 5. The summed E-state index contributed by atoms with van der Waals surface area (Å²) in [6.45, 7) is 4.74. The molecule has 240 valence electrons. The minimum Gasteiger partial charge on any atom is -0.508 e. The van der Waals surface area contributed by atoms with Gasteiger partial charge in [-0.15, -0.1) is 0 Å². The lowest BCUT2D eigenvalue weighted by Crippen LogP contribution is -2.52. The van der Waals surface area contributed by atoms with Crippen LogP contribution in [-0.2, 0) is 4.74 Å². The quantitative estimate of drug-likeness (QED) is 0.322. The van der Waals surface area contributed by atoms with Gasteiger partial charge in [0, 0.05) is 43.6 Å².